The summed E-state index contributed by atoms with van der Waals surface area (Å²) in [5.74, 6) is -0.932. The molecule has 1 aromatic heterocycles. The minimum atomic E-state index is -0.816. The van der Waals surface area contributed by atoms with E-state index in [1.165, 1.54) is 0 Å². The van der Waals surface area contributed by atoms with Crippen molar-refractivity contribution in [1.82, 2.24) is 9.55 Å². The van der Waals surface area contributed by atoms with Gasteiger partial charge in [0.1, 0.15) is 0 Å². The van der Waals surface area contributed by atoms with E-state index in [1.807, 2.05) is 79.1 Å². The second kappa shape index (κ2) is 13.5. The number of imidazole rings is 1. The third-order valence-corrected chi connectivity index (χ3v) is 7.28. The van der Waals surface area contributed by atoms with E-state index < -0.39 is 12.3 Å². The number of carboxylic acids is 1. The largest absolute Gasteiger partial charge is 0.481 e. The lowest BCUT2D eigenvalue weighted by Crippen LogP contribution is -2.32. The number of anilines is 1. The number of rotatable bonds is 12. The van der Waals surface area contributed by atoms with Crippen LogP contribution in [0.5, 0.6) is 0 Å². The van der Waals surface area contributed by atoms with Crippen molar-refractivity contribution in [2.75, 3.05) is 5.32 Å². The predicted octanol–water partition coefficient (Wildman–Crippen LogP) is 5.75. The van der Waals surface area contributed by atoms with E-state index in [4.69, 9.17) is 14.6 Å². The summed E-state index contributed by atoms with van der Waals surface area (Å²) < 4.78 is 15.1. The van der Waals surface area contributed by atoms with Crippen molar-refractivity contribution in [2.45, 2.75) is 70.2 Å². The summed E-state index contributed by atoms with van der Waals surface area (Å²) >= 11 is 0. The van der Waals surface area contributed by atoms with Gasteiger partial charge >= 0.3 is 5.97 Å². The molecule has 4 aromatic rings. The number of carbonyl (C=O) groups excluding carboxylic acids is 1. The maximum Gasteiger partial charge on any atom is 0.303 e. The van der Waals surface area contributed by atoms with E-state index in [1.54, 1.807) is 0 Å². The Morgan fingerprint density at radius 1 is 0.927 bits per heavy atom. The number of nitrogens with zero attached hydrogens (tertiary/aromatic N) is 2. The number of benzene rings is 3. The highest BCUT2D eigenvalue weighted by molar-refractivity contribution is 5.90. The van der Waals surface area contributed by atoms with Gasteiger partial charge in [-0.05, 0) is 48.2 Å². The summed E-state index contributed by atoms with van der Waals surface area (Å²) in [6.45, 7) is 0.582. The van der Waals surface area contributed by atoms with Crippen LogP contribution in [0, 0.1) is 0 Å². The number of aliphatic hydroxyl groups excluding tert-OH is 1. The van der Waals surface area contributed by atoms with Crippen LogP contribution in [0.25, 0.3) is 11.0 Å². The van der Waals surface area contributed by atoms with Crippen LogP contribution < -0.4 is 5.32 Å². The summed E-state index contributed by atoms with van der Waals surface area (Å²) in [6.07, 6.45) is 3.76. The number of unbranched alkanes of at least 4 members (excludes halogenated alkanes) is 2. The number of aliphatic hydroxyl groups is 1. The quantitative estimate of drug-likeness (QED) is 0.190. The number of aliphatic carboxylic acids is 1. The molecule has 2 heterocycles. The summed E-state index contributed by atoms with van der Waals surface area (Å²) in [4.78, 5) is 27.7. The molecule has 9 heteroatoms. The van der Waals surface area contributed by atoms with Gasteiger partial charge in [0.05, 0.1) is 42.7 Å². The molecule has 9 nitrogen and oxygen atoms in total. The highest BCUT2D eigenvalue weighted by Crippen LogP contribution is 2.39. The van der Waals surface area contributed by atoms with Gasteiger partial charge < -0.3 is 29.6 Å². The van der Waals surface area contributed by atoms with Gasteiger partial charge in [0.15, 0.2) is 6.29 Å². The van der Waals surface area contributed by atoms with Gasteiger partial charge in [-0.1, -0.05) is 55.0 Å². The molecule has 214 valence electrons. The minimum absolute atomic E-state index is 0.0191. The van der Waals surface area contributed by atoms with E-state index >= 15 is 0 Å². The molecular formula is C32H35N3O6. The first kappa shape index (κ1) is 28.5. The summed E-state index contributed by atoms with van der Waals surface area (Å²) in [6, 6.07) is 23.2. The van der Waals surface area contributed by atoms with E-state index in [9.17, 15) is 14.7 Å². The molecule has 0 spiro atoms. The van der Waals surface area contributed by atoms with Crippen LogP contribution in [0.3, 0.4) is 0 Å². The summed E-state index contributed by atoms with van der Waals surface area (Å²) in [5.41, 5.74) is 5.25. The molecule has 5 rings (SSSR count). The van der Waals surface area contributed by atoms with Crippen LogP contribution >= 0.6 is 0 Å². The molecule has 0 radical (unpaired) electrons. The molecule has 1 fully saturated rings. The van der Waals surface area contributed by atoms with Gasteiger partial charge in [-0.2, -0.15) is 0 Å². The molecule has 0 bridgehead atoms. The van der Waals surface area contributed by atoms with Crippen molar-refractivity contribution >= 4 is 28.6 Å². The highest BCUT2D eigenvalue weighted by Gasteiger charge is 2.32. The molecule has 1 saturated heterocycles. The Morgan fingerprint density at radius 2 is 1.73 bits per heavy atom. The first-order valence-corrected chi connectivity index (χ1v) is 14.0. The Bertz CT molecular complexity index is 1470. The molecule has 3 atom stereocenters. The fourth-order valence-corrected chi connectivity index (χ4v) is 5.13. The number of hydrogen-bond acceptors (Lipinski definition) is 6. The number of ether oxygens (including phenoxy) is 2. The standard InChI is InChI=1S/C32H35N3O6/c36-20-22-13-15-23(16-14-22)29-18-26(19-35-21-33-27-9-4-5-10-28(27)35)40-32(41-29)24-7-6-8-25(17-24)34-30(37)11-2-1-3-12-31(38)39/h4-10,13-17,21,26,29,32,36H,1-3,11-12,18-20H2,(H,34,37)(H,38,39)/t26-,29+,32+/m1/s1. The lowest BCUT2D eigenvalue weighted by molar-refractivity contribution is -0.252. The van der Waals surface area contributed by atoms with Crippen LogP contribution in [0.1, 0.15) is 67.6 Å². The second-order valence-corrected chi connectivity index (χ2v) is 10.4. The van der Waals surface area contributed by atoms with Crippen molar-refractivity contribution in [1.29, 1.82) is 0 Å². The predicted molar refractivity (Wildman–Crippen MR) is 154 cm³/mol. The molecule has 0 saturated carbocycles. The van der Waals surface area contributed by atoms with Gasteiger partial charge in [0, 0.05) is 30.5 Å². The number of carboxylic acid groups (broad SMARTS) is 1. The van der Waals surface area contributed by atoms with Gasteiger partial charge in [-0.3, -0.25) is 9.59 Å². The van der Waals surface area contributed by atoms with Crippen molar-refractivity contribution in [3.63, 3.8) is 0 Å². The normalized spacial score (nSPS) is 18.8. The lowest BCUT2D eigenvalue weighted by atomic mass is 10.00. The van der Waals surface area contributed by atoms with Gasteiger partial charge in [-0.25, -0.2) is 4.98 Å². The third kappa shape index (κ3) is 7.58. The molecular weight excluding hydrogens is 522 g/mol. The number of nitrogens with one attached hydrogen (secondary N) is 1. The maximum absolute atomic E-state index is 12.5. The first-order chi connectivity index (χ1) is 20.0. The minimum Gasteiger partial charge on any atom is -0.481 e. The zero-order valence-electron chi connectivity index (χ0n) is 22.8. The molecule has 3 N–H and O–H groups in total. The SMILES string of the molecule is O=C(O)CCCCCC(=O)Nc1cccc([C@H]2O[C@@H](Cn3cnc4ccccc43)C[C@@H](c3ccc(CO)cc3)O2)c1. The smallest absolute Gasteiger partial charge is 0.303 e. The van der Waals surface area contributed by atoms with Crippen LogP contribution in [0.2, 0.25) is 0 Å². The van der Waals surface area contributed by atoms with Crippen molar-refractivity contribution in [2.24, 2.45) is 0 Å². The number of para-hydroxylation sites is 2. The zero-order valence-corrected chi connectivity index (χ0v) is 22.8. The Labute approximate surface area is 238 Å². The third-order valence-electron chi connectivity index (χ3n) is 7.28. The lowest BCUT2D eigenvalue weighted by Gasteiger charge is -2.36. The van der Waals surface area contributed by atoms with Gasteiger partial charge in [-0.15, -0.1) is 0 Å². The second-order valence-electron chi connectivity index (χ2n) is 10.4. The molecule has 1 amide bonds. The first-order valence-electron chi connectivity index (χ1n) is 14.0. The van der Waals surface area contributed by atoms with E-state index in [-0.39, 0.29) is 31.1 Å². The fraction of sp³-hybridized carbons (Fsp3) is 0.344. The fourth-order valence-electron chi connectivity index (χ4n) is 5.13. The van der Waals surface area contributed by atoms with Crippen LogP contribution in [-0.2, 0) is 32.2 Å². The topological polar surface area (TPSA) is 123 Å². The Kier molecular flexibility index (Phi) is 9.40. The van der Waals surface area contributed by atoms with Gasteiger partial charge in [0.2, 0.25) is 5.91 Å². The molecule has 3 aromatic carbocycles. The Hall–Kier alpha value is -4.05. The van der Waals surface area contributed by atoms with E-state index in [2.05, 4.69) is 14.9 Å². The van der Waals surface area contributed by atoms with Crippen LogP contribution in [0.15, 0.2) is 79.1 Å². The number of aromatic nitrogens is 2. The number of hydrogen-bond donors (Lipinski definition) is 3. The maximum atomic E-state index is 12.5. The summed E-state index contributed by atoms with van der Waals surface area (Å²) in [5, 5.41) is 21.2. The van der Waals surface area contributed by atoms with Crippen molar-refractivity contribution in [3.05, 3.63) is 95.8 Å². The zero-order chi connectivity index (χ0) is 28.6. The molecule has 41 heavy (non-hydrogen) atoms. The number of carbonyl (C=O) groups is 2. The number of fused-ring (bicyclic) bond motifs is 1. The van der Waals surface area contributed by atoms with E-state index in [0.29, 0.717) is 44.3 Å². The van der Waals surface area contributed by atoms with Crippen LogP contribution in [0.4, 0.5) is 5.69 Å². The monoisotopic (exact) mass is 557 g/mol. The average molecular weight is 558 g/mol. The van der Waals surface area contributed by atoms with Crippen molar-refractivity contribution in [3.8, 4) is 0 Å². The average Bonchev–Trinajstić information content (AvgIpc) is 3.39. The Morgan fingerprint density at radius 3 is 2.54 bits per heavy atom. The Balaban J connectivity index is 1.30. The van der Waals surface area contributed by atoms with Crippen molar-refractivity contribution < 1.29 is 29.3 Å². The van der Waals surface area contributed by atoms with E-state index in [0.717, 1.165) is 27.7 Å². The molecule has 0 aliphatic carbocycles. The molecule has 1 aliphatic rings. The summed E-state index contributed by atoms with van der Waals surface area (Å²) in [7, 11) is 0. The van der Waals surface area contributed by atoms with Gasteiger partial charge in [0.25, 0.3) is 0 Å². The number of amides is 1. The highest BCUT2D eigenvalue weighted by atomic mass is 16.7. The molecule has 1 aliphatic heterocycles. The molecule has 0 unspecified atom stereocenters. The van der Waals surface area contributed by atoms with Crippen LogP contribution in [-0.4, -0.2) is 37.7 Å².